The van der Waals surface area contributed by atoms with Crippen molar-refractivity contribution in [3.8, 4) is 17.0 Å². The number of hydrogen-bond donors (Lipinski definition) is 0. The normalized spacial score (nSPS) is 11.3. The van der Waals surface area contributed by atoms with Crippen LogP contribution in [0, 0.1) is 5.82 Å². The van der Waals surface area contributed by atoms with Crippen molar-refractivity contribution in [2.75, 3.05) is 6.61 Å². The molecule has 0 unspecified atom stereocenters. The lowest BCUT2D eigenvalue weighted by atomic mass is 10.0. The molecule has 150 valence electrons. The third-order valence-corrected chi connectivity index (χ3v) is 4.05. The smallest absolute Gasteiger partial charge is 0.422 e. The van der Waals surface area contributed by atoms with E-state index < -0.39 is 18.6 Å². The van der Waals surface area contributed by atoms with Crippen molar-refractivity contribution in [2.45, 2.75) is 12.6 Å². The number of pyridine rings is 1. The fraction of sp³-hybridized carbons (Fsp3) is 0.158. The summed E-state index contributed by atoms with van der Waals surface area (Å²) in [5, 5.41) is -0.216. The van der Waals surface area contributed by atoms with Gasteiger partial charge in [0.05, 0.1) is 10.6 Å². The molecule has 0 atom stereocenters. The maximum atomic E-state index is 13.5. The van der Waals surface area contributed by atoms with Crippen LogP contribution < -0.4 is 4.74 Å². The first-order valence-corrected chi connectivity index (χ1v) is 8.53. The van der Waals surface area contributed by atoms with Gasteiger partial charge in [0, 0.05) is 30.6 Å². The zero-order chi connectivity index (χ0) is 21.0. The van der Waals surface area contributed by atoms with Crippen LogP contribution >= 0.6 is 11.6 Å². The van der Waals surface area contributed by atoms with Crippen molar-refractivity contribution in [2.24, 2.45) is 0 Å². The number of carbonyl (C=O) groups excluding carboxylic acids is 1. The number of benzene rings is 1. The zero-order valence-electron chi connectivity index (χ0n) is 14.6. The van der Waals surface area contributed by atoms with Gasteiger partial charge >= 0.3 is 6.18 Å². The lowest BCUT2D eigenvalue weighted by molar-refractivity contribution is -0.154. The molecule has 5 nitrogen and oxygen atoms in total. The Morgan fingerprint density at radius 3 is 2.48 bits per heavy atom. The molecule has 0 saturated heterocycles. The Bertz CT molecular complexity index is 1030. The molecule has 3 aromatic rings. The molecule has 3 rings (SSSR count). The number of ether oxygens (including phenoxy) is 1. The molecule has 1 aromatic carbocycles. The van der Waals surface area contributed by atoms with Crippen molar-refractivity contribution in [1.82, 2.24) is 15.0 Å². The van der Waals surface area contributed by atoms with E-state index in [2.05, 4.69) is 15.0 Å². The van der Waals surface area contributed by atoms with Crippen molar-refractivity contribution in [3.63, 3.8) is 0 Å². The molecule has 10 heteroatoms. The minimum Gasteiger partial charge on any atom is -0.468 e. The first kappa shape index (κ1) is 20.7. The molecule has 0 spiro atoms. The number of aromatic nitrogens is 3. The van der Waals surface area contributed by atoms with E-state index in [4.69, 9.17) is 16.3 Å². The number of hydrogen-bond acceptors (Lipinski definition) is 5. The summed E-state index contributed by atoms with van der Waals surface area (Å²) in [5.74, 6) is -1.31. The van der Waals surface area contributed by atoms with E-state index in [0.29, 0.717) is 11.1 Å². The van der Waals surface area contributed by atoms with Gasteiger partial charge in [0.15, 0.2) is 12.4 Å². The van der Waals surface area contributed by atoms with Crippen LogP contribution in [0.5, 0.6) is 5.88 Å². The number of nitrogens with zero attached hydrogens (tertiary/aromatic N) is 3. The van der Waals surface area contributed by atoms with Gasteiger partial charge in [-0.1, -0.05) is 17.7 Å². The largest absolute Gasteiger partial charge is 0.468 e. The number of carbonyl (C=O) groups is 1. The third-order valence-electron chi connectivity index (χ3n) is 3.76. The quantitative estimate of drug-likeness (QED) is 0.423. The van der Waals surface area contributed by atoms with Gasteiger partial charge in [0.2, 0.25) is 5.88 Å². The number of rotatable bonds is 6. The van der Waals surface area contributed by atoms with Crippen LogP contribution in [-0.2, 0) is 6.42 Å². The Hall–Kier alpha value is -3.07. The minimum absolute atomic E-state index is 0.0954. The van der Waals surface area contributed by atoms with Crippen LogP contribution in [0.3, 0.4) is 0 Å². The zero-order valence-corrected chi connectivity index (χ0v) is 15.3. The molecule has 0 aliphatic carbocycles. The summed E-state index contributed by atoms with van der Waals surface area (Å²) in [6.45, 7) is -1.55. The van der Waals surface area contributed by atoms with E-state index >= 15 is 0 Å². The van der Waals surface area contributed by atoms with Gasteiger partial charge in [0.1, 0.15) is 12.1 Å². The first-order chi connectivity index (χ1) is 13.7. The molecule has 0 N–H and O–H groups in total. The Morgan fingerprint density at radius 1 is 1.10 bits per heavy atom. The number of Topliss-reactive ketones (excluding diaryl/α,β-unsaturated/α-hetero) is 1. The van der Waals surface area contributed by atoms with Crippen LogP contribution in [0.2, 0.25) is 5.02 Å². The molecule has 29 heavy (non-hydrogen) atoms. The molecule has 0 amide bonds. The summed E-state index contributed by atoms with van der Waals surface area (Å²) >= 11 is 5.79. The van der Waals surface area contributed by atoms with Crippen LogP contribution in [0.15, 0.2) is 49.2 Å². The molecule has 0 fully saturated rings. The van der Waals surface area contributed by atoms with Crippen LogP contribution in [0.25, 0.3) is 11.1 Å². The van der Waals surface area contributed by atoms with Gasteiger partial charge in [-0.15, -0.1) is 0 Å². The lowest BCUT2D eigenvalue weighted by Crippen LogP contribution is -2.20. The standard InChI is InChI=1S/C19H12ClF4N3O2/c20-15-5-12(1-2-16(15)21)14-3-11(4-17(28)13-7-25-10-26-8-13)6-27-18(14)29-9-19(22,23)24/h1-3,5-8,10H,4,9H2. The number of alkyl halides is 3. The highest BCUT2D eigenvalue weighted by atomic mass is 35.5. The summed E-state index contributed by atoms with van der Waals surface area (Å²) in [6, 6.07) is 5.09. The molecule has 2 heterocycles. The Kier molecular flexibility index (Phi) is 6.07. The summed E-state index contributed by atoms with van der Waals surface area (Å²) in [7, 11) is 0. The van der Waals surface area contributed by atoms with Crippen LogP contribution in [0.1, 0.15) is 15.9 Å². The summed E-state index contributed by atoms with van der Waals surface area (Å²) in [6.07, 6.45) is 0.557. The van der Waals surface area contributed by atoms with Gasteiger partial charge < -0.3 is 4.74 Å². The molecular formula is C19H12ClF4N3O2. The maximum Gasteiger partial charge on any atom is 0.422 e. The van der Waals surface area contributed by atoms with Gasteiger partial charge in [0.25, 0.3) is 0 Å². The van der Waals surface area contributed by atoms with Gasteiger partial charge in [-0.05, 0) is 29.3 Å². The average molecular weight is 426 g/mol. The summed E-state index contributed by atoms with van der Waals surface area (Å²) < 4.78 is 55.9. The highest BCUT2D eigenvalue weighted by Gasteiger charge is 2.29. The average Bonchev–Trinajstić information content (AvgIpc) is 2.69. The highest BCUT2D eigenvalue weighted by Crippen LogP contribution is 2.33. The Balaban J connectivity index is 1.95. The second-order valence-corrected chi connectivity index (χ2v) is 6.36. The summed E-state index contributed by atoms with van der Waals surface area (Å²) in [5.41, 5.74) is 1.12. The molecule has 0 aliphatic rings. The number of ketones is 1. The van der Waals surface area contributed by atoms with E-state index in [0.717, 1.165) is 6.07 Å². The van der Waals surface area contributed by atoms with E-state index in [1.807, 2.05) is 0 Å². The van der Waals surface area contributed by atoms with Gasteiger partial charge in [-0.25, -0.2) is 19.3 Å². The maximum absolute atomic E-state index is 13.5. The van der Waals surface area contributed by atoms with Crippen molar-refractivity contribution < 1.29 is 27.1 Å². The second-order valence-electron chi connectivity index (χ2n) is 5.96. The lowest BCUT2D eigenvalue weighted by Gasteiger charge is -2.14. The highest BCUT2D eigenvalue weighted by molar-refractivity contribution is 6.31. The van der Waals surface area contributed by atoms with Crippen molar-refractivity contribution in [3.05, 3.63) is 71.2 Å². The molecule has 0 saturated carbocycles. The number of halogens is 5. The molecular weight excluding hydrogens is 414 g/mol. The Labute approximate surface area is 167 Å². The predicted octanol–water partition coefficient (Wildman–Crippen LogP) is 4.70. The molecule has 0 aliphatic heterocycles. The van der Waals surface area contributed by atoms with Gasteiger partial charge in [-0.2, -0.15) is 13.2 Å². The molecule has 2 aromatic heterocycles. The van der Waals surface area contributed by atoms with E-state index in [1.54, 1.807) is 0 Å². The van der Waals surface area contributed by atoms with Gasteiger partial charge in [-0.3, -0.25) is 4.79 Å². The topological polar surface area (TPSA) is 65.0 Å². The van der Waals surface area contributed by atoms with Crippen LogP contribution in [-0.4, -0.2) is 33.5 Å². The SMILES string of the molecule is O=C(Cc1cnc(OCC(F)(F)F)c(-c2ccc(F)c(Cl)c2)c1)c1cncnc1. The van der Waals surface area contributed by atoms with E-state index in [1.165, 1.54) is 43.1 Å². The van der Waals surface area contributed by atoms with E-state index in [-0.39, 0.29) is 34.2 Å². The molecule has 0 bridgehead atoms. The second kappa shape index (κ2) is 8.52. The van der Waals surface area contributed by atoms with Crippen molar-refractivity contribution in [1.29, 1.82) is 0 Å². The summed E-state index contributed by atoms with van der Waals surface area (Å²) in [4.78, 5) is 23.8. The fourth-order valence-corrected chi connectivity index (χ4v) is 2.64. The third kappa shape index (κ3) is 5.47. The Morgan fingerprint density at radius 2 is 1.83 bits per heavy atom. The monoisotopic (exact) mass is 425 g/mol. The van der Waals surface area contributed by atoms with Crippen molar-refractivity contribution >= 4 is 17.4 Å². The fourth-order valence-electron chi connectivity index (χ4n) is 2.46. The minimum atomic E-state index is -4.57. The molecule has 0 radical (unpaired) electrons. The predicted molar refractivity (Wildman–Crippen MR) is 96.3 cm³/mol. The van der Waals surface area contributed by atoms with Crippen LogP contribution in [0.4, 0.5) is 17.6 Å². The first-order valence-electron chi connectivity index (χ1n) is 8.15. The van der Waals surface area contributed by atoms with E-state index in [9.17, 15) is 22.4 Å².